The second-order valence-electron chi connectivity index (χ2n) is 11.2. The monoisotopic (exact) mass is 526 g/mol. The number of ether oxygens (including phenoxy) is 1. The number of rotatable bonds is 7. The van der Waals surface area contributed by atoms with E-state index in [-0.39, 0.29) is 11.5 Å². The predicted octanol–water partition coefficient (Wildman–Crippen LogP) is 4.32. The molecule has 4 heterocycles. The Bertz CT molecular complexity index is 1190. The van der Waals surface area contributed by atoms with E-state index < -0.39 is 0 Å². The number of aryl methyl sites for hydroxylation is 3. The summed E-state index contributed by atoms with van der Waals surface area (Å²) >= 11 is 1.83. The highest BCUT2D eigenvalue weighted by Crippen LogP contribution is 2.42. The molecule has 7 nitrogen and oxygen atoms in total. The molecule has 8 heteroatoms. The number of nitrogens with zero attached hydrogens (tertiary/aromatic N) is 2. The number of aromatic amines is 1. The van der Waals surface area contributed by atoms with E-state index in [1.807, 2.05) is 43.3 Å². The Balaban J connectivity index is 1.34. The van der Waals surface area contributed by atoms with E-state index >= 15 is 0 Å². The Hall–Kier alpha value is -2.16. The number of methoxy groups -OCH3 is 1. The number of pyridine rings is 1. The summed E-state index contributed by atoms with van der Waals surface area (Å²) in [6.07, 6.45) is 7.03. The Morgan fingerprint density at radius 1 is 1.16 bits per heavy atom. The Morgan fingerprint density at radius 2 is 1.92 bits per heavy atom. The number of nitrogens with one attached hydrogen (secondary N) is 2. The number of hydrogen-bond acceptors (Lipinski definition) is 6. The van der Waals surface area contributed by atoms with Crippen molar-refractivity contribution in [2.75, 3.05) is 31.6 Å². The lowest BCUT2D eigenvalue weighted by Gasteiger charge is -2.46. The predicted molar refractivity (Wildman–Crippen MR) is 150 cm³/mol. The molecule has 2 fully saturated rings. The minimum Gasteiger partial charge on any atom is -0.378 e. The summed E-state index contributed by atoms with van der Waals surface area (Å²) in [6, 6.07) is 3.01. The van der Waals surface area contributed by atoms with Gasteiger partial charge in [-0.25, -0.2) is 0 Å². The van der Waals surface area contributed by atoms with E-state index in [0.717, 1.165) is 48.3 Å². The van der Waals surface area contributed by atoms with Gasteiger partial charge in [-0.05, 0) is 89.3 Å². The maximum atomic E-state index is 13.9. The van der Waals surface area contributed by atoms with Crippen LogP contribution in [0.5, 0.6) is 0 Å². The SMILES string of the molecule is CCN(c1sc2c(c1C)C(=O)N(Cc1c(C)cc(C)[nH]c1=O)CCC2)C1CCC([C@H]2NC[C@@H]2OC)CC1. The third kappa shape index (κ3) is 5.00. The molecule has 0 aromatic carbocycles. The summed E-state index contributed by atoms with van der Waals surface area (Å²) in [5.41, 5.74) is 4.41. The molecule has 1 saturated carbocycles. The lowest BCUT2D eigenvalue weighted by Crippen LogP contribution is -2.62. The van der Waals surface area contributed by atoms with Crippen LogP contribution in [0.3, 0.4) is 0 Å². The molecule has 2 atom stereocenters. The van der Waals surface area contributed by atoms with Gasteiger partial charge in [-0.15, -0.1) is 11.3 Å². The van der Waals surface area contributed by atoms with Gasteiger partial charge in [0, 0.05) is 55.0 Å². The molecule has 37 heavy (non-hydrogen) atoms. The molecule has 2 aliphatic heterocycles. The lowest BCUT2D eigenvalue weighted by molar-refractivity contribution is -0.0152. The van der Waals surface area contributed by atoms with Crippen LogP contribution < -0.4 is 15.8 Å². The molecule has 2 aromatic heterocycles. The number of anilines is 1. The van der Waals surface area contributed by atoms with Crippen molar-refractivity contribution in [1.82, 2.24) is 15.2 Å². The first-order chi connectivity index (χ1) is 17.8. The Labute approximate surface area is 224 Å². The number of fused-ring (bicyclic) bond motifs is 1. The zero-order chi connectivity index (χ0) is 26.3. The summed E-state index contributed by atoms with van der Waals surface area (Å²) in [6.45, 7) is 11.2. The van der Waals surface area contributed by atoms with Crippen molar-refractivity contribution in [2.45, 2.75) is 91.0 Å². The van der Waals surface area contributed by atoms with E-state index in [9.17, 15) is 9.59 Å². The quantitative estimate of drug-likeness (QED) is 0.562. The van der Waals surface area contributed by atoms with Gasteiger partial charge in [0.15, 0.2) is 0 Å². The number of carbonyl (C=O) groups is 1. The van der Waals surface area contributed by atoms with E-state index in [4.69, 9.17) is 4.74 Å². The van der Waals surface area contributed by atoms with Crippen molar-refractivity contribution in [3.8, 4) is 0 Å². The van der Waals surface area contributed by atoms with Crippen LogP contribution >= 0.6 is 11.3 Å². The first kappa shape index (κ1) is 26.4. The third-order valence-electron chi connectivity index (χ3n) is 8.92. The lowest BCUT2D eigenvalue weighted by atomic mass is 9.77. The van der Waals surface area contributed by atoms with Crippen LogP contribution in [-0.2, 0) is 17.7 Å². The van der Waals surface area contributed by atoms with E-state index in [1.54, 1.807) is 0 Å². The van der Waals surface area contributed by atoms with E-state index in [0.29, 0.717) is 42.8 Å². The van der Waals surface area contributed by atoms with E-state index in [2.05, 4.69) is 29.0 Å². The van der Waals surface area contributed by atoms with Crippen molar-refractivity contribution in [1.29, 1.82) is 0 Å². The second-order valence-corrected chi connectivity index (χ2v) is 12.3. The average Bonchev–Trinajstić information content (AvgIpc) is 3.07. The second kappa shape index (κ2) is 10.9. The average molecular weight is 527 g/mol. The molecular weight excluding hydrogens is 484 g/mol. The normalized spacial score (nSPS) is 26.0. The molecule has 2 aromatic rings. The minimum atomic E-state index is -0.0841. The Kier molecular flexibility index (Phi) is 7.80. The van der Waals surface area contributed by atoms with Crippen LogP contribution in [0.2, 0.25) is 0 Å². The fourth-order valence-corrected chi connectivity index (χ4v) is 8.26. The maximum absolute atomic E-state index is 13.9. The summed E-state index contributed by atoms with van der Waals surface area (Å²) in [4.78, 5) is 35.1. The number of hydrogen-bond donors (Lipinski definition) is 2. The topological polar surface area (TPSA) is 77.7 Å². The van der Waals surface area contributed by atoms with Gasteiger partial charge in [-0.3, -0.25) is 9.59 Å². The van der Waals surface area contributed by atoms with Crippen molar-refractivity contribution in [3.05, 3.63) is 49.2 Å². The van der Waals surface area contributed by atoms with Crippen molar-refractivity contribution in [2.24, 2.45) is 5.92 Å². The van der Waals surface area contributed by atoms with Gasteiger partial charge in [0.25, 0.3) is 11.5 Å². The summed E-state index contributed by atoms with van der Waals surface area (Å²) in [5.74, 6) is 0.770. The summed E-state index contributed by atoms with van der Waals surface area (Å²) in [5, 5.41) is 4.86. The van der Waals surface area contributed by atoms with Gasteiger partial charge < -0.3 is 24.8 Å². The minimum absolute atomic E-state index is 0.0771. The van der Waals surface area contributed by atoms with Crippen LogP contribution in [0, 0.1) is 26.7 Å². The highest BCUT2D eigenvalue weighted by molar-refractivity contribution is 7.16. The van der Waals surface area contributed by atoms with Crippen LogP contribution in [0.4, 0.5) is 5.00 Å². The van der Waals surface area contributed by atoms with E-state index in [1.165, 1.54) is 35.6 Å². The fraction of sp³-hybridized carbons (Fsp3) is 0.655. The highest BCUT2D eigenvalue weighted by atomic mass is 32.1. The first-order valence-corrected chi connectivity index (χ1v) is 14.8. The first-order valence-electron chi connectivity index (χ1n) is 14.0. The fourth-order valence-electron chi connectivity index (χ4n) is 6.79. The van der Waals surface area contributed by atoms with Crippen molar-refractivity contribution >= 4 is 22.2 Å². The van der Waals surface area contributed by atoms with Crippen LogP contribution in [0.25, 0.3) is 0 Å². The molecule has 3 aliphatic rings. The van der Waals surface area contributed by atoms with Crippen molar-refractivity contribution < 1.29 is 9.53 Å². The maximum Gasteiger partial charge on any atom is 0.255 e. The van der Waals surface area contributed by atoms with Crippen LogP contribution in [0.15, 0.2) is 10.9 Å². The molecule has 0 spiro atoms. The van der Waals surface area contributed by atoms with Gasteiger partial charge in [0.05, 0.1) is 23.2 Å². The number of thiophene rings is 1. The number of carbonyl (C=O) groups excluding carboxylic acids is 1. The smallest absolute Gasteiger partial charge is 0.255 e. The van der Waals surface area contributed by atoms with Gasteiger partial charge in [-0.2, -0.15) is 0 Å². The molecule has 0 radical (unpaired) electrons. The van der Waals surface area contributed by atoms with Gasteiger partial charge in [0.1, 0.15) is 0 Å². The number of amides is 1. The highest BCUT2D eigenvalue weighted by Gasteiger charge is 2.40. The molecule has 1 amide bonds. The molecule has 0 unspecified atom stereocenters. The molecule has 0 bridgehead atoms. The molecule has 2 N–H and O–H groups in total. The van der Waals surface area contributed by atoms with Gasteiger partial charge >= 0.3 is 0 Å². The van der Waals surface area contributed by atoms with Crippen molar-refractivity contribution in [3.63, 3.8) is 0 Å². The standard InChI is InChI=1S/C29H42N4O3S/c1-6-33(21-11-9-20(10-12-21)26-23(36-5)15-30-26)29-19(4)25-24(37-29)8-7-13-32(28(25)35)16-22-17(2)14-18(3)31-27(22)34/h14,20-21,23,26,30H,6-13,15-16H2,1-5H3,(H,31,34)/t20?,21?,23-,26+/m0/s1. The molecular formula is C29H42N4O3S. The molecule has 1 aliphatic carbocycles. The largest absolute Gasteiger partial charge is 0.378 e. The molecule has 1 saturated heterocycles. The summed E-state index contributed by atoms with van der Waals surface area (Å²) < 4.78 is 5.64. The number of H-pyrrole nitrogens is 1. The third-order valence-corrected chi connectivity index (χ3v) is 10.3. The zero-order valence-electron chi connectivity index (χ0n) is 23.0. The van der Waals surface area contributed by atoms with Gasteiger partial charge in [0.2, 0.25) is 0 Å². The molecule has 202 valence electrons. The molecule has 5 rings (SSSR count). The number of aromatic nitrogens is 1. The Morgan fingerprint density at radius 3 is 2.54 bits per heavy atom. The van der Waals surface area contributed by atoms with Crippen LogP contribution in [-0.4, -0.2) is 60.7 Å². The van der Waals surface area contributed by atoms with Crippen LogP contribution in [0.1, 0.15) is 76.6 Å². The zero-order valence-corrected chi connectivity index (χ0v) is 23.8. The van der Waals surface area contributed by atoms with Gasteiger partial charge in [-0.1, -0.05) is 0 Å². The summed E-state index contributed by atoms with van der Waals surface area (Å²) in [7, 11) is 1.83.